The van der Waals surface area contributed by atoms with E-state index in [1.54, 1.807) is 28.4 Å². The molecule has 8 heteroatoms. The largest absolute Gasteiger partial charge is 0.496 e. The van der Waals surface area contributed by atoms with Crippen LogP contribution in [0.4, 0.5) is 0 Å². The Morgan fingerprint density at radius 2 is 1.48 bits per heavy atom. The SMILES string of the molecule is CCNC(=NCc1c(OC)cc(OC)cc1OC)NCC(C)Oc1ccccc1OC. The van der Waals surface area contributed by atoms with Crippen molar-refractivity contribution in [2.45, 2.75) is 26.5 Å². The summed E-state index contributed by atoms with van der Waals surface area (Å²) < 4.78 is 27.7. The molecule has 2 rings (SSSR count). The molecule has 2 N–H and O–H groups in total. The van der Waals surface area contributed by atoms with E-state index in [9.17, 15) is 0 Å². The minimum Gasteiger partial charge on any atom is -0.496 e. The lowest BCUT2D eigenvalue weighted by molar-refractivity contribution is 0.213. The Labute approximate surface area is 184 Å². The molecule has 2 aromatic rings. The van der Waals surface area contributed by atoms with Crippen LogP contribution in [0.3, 0.4) is 0 Å². The summed E-state index contributed by atoms with van der Waals surface area (Å²) >= 11 is 0. The molecule has 0 heterocycles. The van der Waals surface area contributed by atoms with Crippen molar-refractivity contribution < 1.29 is 23.7 Å². The normalized spacial score (nSPS) is 12.0. The van der Waals surface area contributed by atoms with E-state index in [0.29, 0.717) is 47.8 Å². The molecule has 0 aliphatic rings. The van der Waals surface area contributed by atoms with Crippen molar-refractivity contribution in [3.05, 3.63) is 42.0 Å². The molecule has 0 aromatic heterocycles. The second-order valence-electron chi connectivity index (χ2n) is 6.67. The van der Waals surface area contributed by atoms with Crippen LogP contribution in [0.25, 0.3) is 0 Å². The predicted octanol–water partition coefficient (Wildman–Crippen LogP) is 3.24. The minimum absolute atomic E-state index is 0.106. The Morgan fingerprint density at radius 1 is 0.871 bits per heavy atom. The molecule has 1 atom stereocenters. The van der Waals surface area contributed by atoms with Crippen molar-refractivity contribution in [2.75, 3.05) is 41.5 Å². The van der Waals surface area contributed by atoms with Crippen LogP contribution in [-0.4, -0.2) is 53.6 Å². The highest BCUT2D eigenvalue weighted by Gasteiger charge is 2.14. The van der Waals surface area contributed by atoms with Crippen LogP contribution < -0.4 is 34.3 Å². The van der Waals surface area contributed by atoms with Gasteiger partial charge in [0.1, 0.15) is 23.4 Å². The molecule has 31 heavy (non-hydrogen) atoms. The molecule has 8 nitrogen and oxygen atoms in total. The average molecular weight is 432 g/mol. The van der Waals surface area contributed by atoms with Gasteiger partial charge in [-0.05, 0) is 26.0 Å². The fourth-order valence-corrected chi connectivity index (χ4v) is 2.95. The maximum absolute atomic E-state index is 6.00. The van der Waals surface area contributed by atoms with Crippen molar-refractivity contribution in [3.8, 4) is 28.7 Å². The number of rotatable bonds is 11. The molecule has 0 fully saturated rings. The number of aliphatic imine (C=N–C) groups is 1. The monoisotopic (exact) mass is 431 g/mol. The fourth-order valence-electron chi connectivity index (χ4n) is 2.95. The summed E-state index contributed by atoms with van der Waals surface area (Å²) in [6.07, 6.45) is -0.106. The van der Waals surface area contributed by atoms with Crippen LogP contribution in [0.15, 0.2) is 41.4 Å². The lowest BCUT2D eigenvalue weighted by atomic mass is 10.1. The number of nitrogens with zero attached hydrogens (tertiary/aromatic N) is 1. The van der Waals surface area contributed by atoms with Crippen LogP contribution in [0.1, 0.15) is 19.4 Å². The van der Waals surface area contributed by atoms with Gasteiger partial charge in [-0.15, -0.1) is 0 Å². The highest BCUT2D eigenvalue weighted by atomic mass is 16.5. The Kier molecular flexibility index (Phi) is 9.61. The molecule has 0 radical (unpaired) electrons. The van der Waals surface area contributed by atoms with Gasteiger partial charge in [0.2, 0.25) is 0 Å². The zero-order valence-corrected chi connectivity index (χ0v) is 19.2. The lowest BCUT2D eigenvalue weighted by Crippen LogP contribution is -2.41. The molecule has 2 aromatic carbocycles. The van der Waals surface area contributed by atoms with E-state index >= 15 is 0 Å². The standard InChI is InChI=1S/C23H33N3O5/c1-7-24-23(25-14-16(2)31-20-11-9-8-10-19(20)28-4)26-15-18-21(29-5)12-17(27-3)13-22(18)30-6/h8-13,16H,7,14-15H2,1-6H3,(H2,24,25,26). The van der Waals surface area contributed by atoms with Gasteiger partial charge in [-0.2, -0.15) is 0 Å². The second kappa shape index (κ2) is 12.4. The summed E-state index contributed by atoms with van der Waals surface area (Å²) in [4.78, 5) is 4.68. The summed E-state index contributed by atoms with van der Waals surface area (Å²) in [6, 6.07) is 11.2. The first kappa shape index (κ1) is 24.0. The molecule has 0 amide bonds. The van der Waals surface area contributed by atoms with Gasteiger partial charge in [0, 0.05) is 18.7 Å². The third-order valence-corrected chi connectivity index (χ3v) is 4.51. The average Bonchev–Trinajstić information content (AvgIpc) is 2.80. The minimum atomic E-state index is -0.106. The number of methoxy groups -OCH3 is 4. The van der Waals surface area contributed by atoms with Gasteiger partial charge in [-0.3, -0.25) is 0 Å². The third kappa shape index (κ3) is 6.87. The van der Waals surface area contributed by atoms with Crippen LogP contribution in [0, 0.1) is 0 Å². The summed E-state index contributed by atoms with van der Waals surface area (Å²) in [5.41, 5.74) is 0.835. The van der Waals surface area contributed by atoms with Gasteiger partial charge in [-0.25, -0.2) is 4.99 Å². The number of hydrogen-bond acceptors (Lipinski definition) is 6. The van der Waals surface area contributed by atoms with Gasteiger partial charge in [0.05, 0.1) is 47.1 Å². The van der Waals surface area contributed by atoms with E-state index in [1.807, 2.05) is 50.2 Å². The van der Waals surface area contributed by atoms with Crippen molar-refractivity contribution in [1.82, 2.24) is 10.6 Å². The molecule has 0 aliphatic carbocycles. The summed E-state index contributed by atoms with van der Waals surface area (Å²) in [5, 5.41) is 6.56. The maximum atomic E-state index is 6.00. The molecule has 1 unspecified atom stereocenters. The van der Waals surface area contributed by atoms with Crippen molar-refractivity contribution in [1.29, 1.82) is 0 Å². The van der Waals surface area contributed by atoms with E-state index in [4.69, 9.17) is 23.7 Å². The maximum Gasteiger partial charge on any atom is 0.191 e. The van der Waals surface area contributed by atoms with Crippen LogP contribution >= 0.6 is 0 Å². The highest BCUT2D eigenvalue weighted by Crippen LogP contribution is 2.34. The summed E-state index contributed by atoms with van der Waals surface area (Å²) in [5.74, 6) is 4.04. The van der Waals surface area contributed by atoms with E-state index in [1.165, 1.54) is 0 Å². The number of hydrogen-bond donors (Lipinski definition) is 2. The van der Waals surface area contributed by atoms with Gasteiger partial charge < -0.3 is 34.3 Å². The zero-order valence-electron chi connectivity index (χ0n) is 19.2. The number of guanidine groups is 1. The number of para-hydroxylation sites is 2. The topological polar surface area (TPSA) is 82.6 Å². The van der Waals surface area contributed by atoms with E-state index < -0.39 is 0 Å². The Hall–Kier alpha value is -3.29. The third-order valence-electron chi connectivity index (χ3n) is 4.51. The molecule has 0 saturated heterocycles. The van der Waals surface area contributed by atoms with Crippen molar-refractivity contribution >= 4 is 5.96 Å². The smallest absolute Gasteiger partial charge is 0.191 e. The van der Waals surface area contributed by atoms with Crippen molar-refractivity contribution in [2.24, 2.45) is 4.99 Å². The fraction of sp³-hybridized carbons (Fsp3) is 0.435. The predicted molar refractivity (Wildman–Crippen MR) is 122 cm³/mol. The van der Waals surface area contributed by atoms with Crippen LogP contribution in [-0.2, 0) is 6.54 Å². The van der Waals surface area contributed by atoms with E-state index in [2.05, 4.69) is 15.6 Å². The molecule has 170 valence electrons. The first-order valence-electron chi connectivity index (χ1n) is 10.2. The van der Waals surface area contributed by atoms with Crippen LogP contribution in [0.5, 0.6) is 28.7 Å². The molecule has 0 spiro atoms. The van der Waals surface area contributed by atoms with Gasteiger partial charge >= 0.3 is 0 Å². The molecular formula is C23H33N3O5. The van der Waals surface area contributed by atoms with Crippen LogP contribution in [0.2, 0.25) is 0 Å². The Morgan fingerprint density at radius 3 is 2.03 bits per heavy atom. The summed E-state index contributed by atoms with van der Waals surface area (Å²) in [6.45, 7) is 5.65. The van der Waals surface area contributed by atoms with Gasteiger partial charge in [0.15, 0.2) is 17.5 Å². The highest BCUT2D eigenvalue weighted by molar-refractivity contribution is 5.79. The first-order chi connectivity index (χ1) is 15.1. The molecule has 0 saturated carbocycles. The quantitative estimate of drug-likeness (QED) is 0.417. The number of nitrogens with one attached hydrogen (secondary N) is 2. The number of ether oxygens (including phenoxy) is 5. The molecule has 0 aliphatic heterocycles. The summed E-state index contributed by atoms with van der Waals surface area (Å²) in [7, 11) is 6.46. The second-order valence-corrected chi connectivity index (χ2v) is 6.67. The lowest BCUT2D eigenvalue weighted by Gasteiger charge is -2.19. The van der Waals surface area contributed by atoms with E-state index in [-0.39, 0.29) is 6.10 Å². The van der Waals surface area contributed by atoms with Crippen molar-refractivity contribution in [3.63, 3.8) is 0 Å². The molecular weight excluding hydrogens is 398 g/mol. The molecule has 0 bridgehead atoms. The van der Waals surface area contributed by atoms with Gasteiger partial charge in [-0.1, -0.05) is 12.1 Å². The zero-order chi connectivity index (χ0) is 22.6. The number of benzene rings is 2. The Balaban J connectivity index is 2.08. The van der Waals surface area contributed by atoms with E-state index in [0.717, 1.165) is 12.1 Å². The van der Waals surface area contributed by atoms with Gasteiger partial charge in [0.25, 0.3) is 0 Å². The Bertz CT molecular complexity index is 832. The first-order valence-corrected chi connectivity index (χ1v) is 10.2.